The third-order valence-electron chi connectivity index (χ3n) is 4.57. The van der Waals surface area contributed by atoms with Gasteiger partial charge in [-0.25, -0.2) is 9.86 Å². The van der Waals surface area contributed by atoms with E-state index >= 15 is 0 Å². The number of hydroxylamine groups is 2. The highest BCUT2D eigenvalue weighted by Crippen LogP contribution is 2.11. The molecule has 0 bridgehead atoms. The van der Waals surface area contributed by atoms with Gasteiger partial charge in [0.1, 0.15) is 12.1 Å². The number of nitrogens with one attached hydrogen (secondary N) is 2. The Morgan fingerprint density at radius 1 is 1.07 bits per heavy atom. The first kappa shape index (κ1) is 24.4. The van der Waals surface area contributed by atoms with E-state index in [1.807, 2.05) is 32.0 Å². The van der Waals surface area contributed by atoms with E-state index < -0.39 is 24.1 Å². The number of carbonyl (C=O) groups excluding carboxylic acids is 2. The molecule has 29 heavy (non-hydrogen) atoms. The number of nitrogens with zero attached hydrogens (tertiary/aromatic N) is 1. The summed E-state index contributed by atoms with van der Waals surface area (Å²) in [6.07, 6.45) is 1.98. The van der Waals surface area contributed by atoms with Gasteiger partial charge < -0.3 is 15.7 Å². The molecule has 1 rings (SSSR count). The maximum atomic E-state index is 12.6. The summed E-state index contributed by atoms with van der Waals surface area (Å²) < 4.78 is 0. The number of hydrogen-bond donors (Lipinski definition) is 3. The van der Waals surface area contributed by atoms with Crippen molar-refractivity contribution >= 4 is 17.9 Å². The van der Waals surface area contributed by atoms with Crippen molar-refractivity contribution in [3.05, 3.63) is 35.9 Å². The van der Waals surface area contributed by atoms with Crippen LogP contribution in [0.4, 0.5) is 4.79 Å². The molecule has 0 fully saturated rings. The number of aryl methyl sites for hydroxylation is 1. The van der Waals surface area contributed by atoms with Crippen LogP contribution in [0, 0.1) is 5.92 Å². The SMILES string of the molecule is CON(C)C(=O)C(CCCCc1ccccc1)NC(=O)C(CC(C)C)NC(=O)O. The summed E-state index contributed by atoms with van der Waals surface area (Å²) in [4.78, 5) is 41.2. The van der Waals surface area contributed by atoms with Crippen LogP contribution < -0.4 is 10.6 Å². The monoisotopic (exact) mass is 407 g/mol. The number of amides is 3. The predicted molar refractivity (Wildman–Crippen MR) is 110 cm³/mol. The van der Waals surface area contributed by atoms with E-state index in [9.17, 15) is 14.4 Å². The Bertz CT molecular complexity index is 651. The summed E-state index contributed by atoms with van der Waals surface area (Å²) >= 11 is 0. The molecule has 8 heteroatoms. The van der Waals surface area contributed by atoms with E-state index in [0.717, 1.165) is 24.3 Å². The summed E-state index contributed by atoms with van der Waals surface area (Å²) in [5, 5.41) is 15.0. The third kappa shape index (κ3) is 9.43. The lowest BCUT2D eigenvalue weighted by molar-refractivity contribution is -0.172. The van der Waals surface area contributed by atoms with Gasteiger partial charge in [0, 0.05) is 7.05 Å². The van der Waals surface area contributed by atoms with Crippen molar-refractivity contribution < 1.29 is 24.3 Å². The predicted octanol–water partition coefficient (Wildman–Crippen LogP) is 2.59. The molecule has 1 aromatic rings. The van der Waals surface area contributed by atoms with Crippen LogP contribution in [-0.2, 0) is 20.8 Å². The van der Waals surface area contributed by atoms with Crippen molar-refractivity contribution in [2.24, 2.45) is 5.92 Å². The number of benzene rings is 1. The van der Waals surface area contributed by atoms with Gasteiger partial charge in [-0.2, -0.15) is 0 Å². The summed E-state index contributed by atoms with van der Waals surface area (Å²) in [5.74, 6) is -0.773. The lowest BCUT2D eigenvalue weighted by Gasteiger charge is -2.25. The van der Waals surface area contributed by atoms with Crippen LogP contribution in [0.25, 0.3) is 0 Å². The van der Waals surface area contributed by atoms with E-state index in [1.165, 1.54) is 19.7 Å². The van der Waals surface area contributed by atoms with Gasteiger partial charge >= 0.3 is 6.09 Å². The van der Waals surface area contributed by atoms with Crippen LogP contribution in [0.15, 0.2) is 30.3 Å². The lowest BCUT2D eigenvalue weighted by atomic mass is 10.0. The van der Waals surface area contributed by atoms with Crippen molar-refractivity contribution in [1.82, 2.24) is 15.7 Å². The Morgan fingerprint density at radius 2 is 1.72 bits per heavy atom. The number of unbranched alkanes of at least 4 members (excludes halogenated alkanes) is 1. The molecule has 0 radical (unpaired) electrons. The molecule has 0 aliphatic heterocycles. The summed E-state index contributed by atoms with van der Waals surface area (Å²) in [6.45, 7) is 3.80. The van der Waals surface area contributed by atoms with E-state index in [2.05, 4.69) is 22.8 Å². The molecule has 0 spiro atoms. The first-order valence-corrected chi connectivity index (χ1v) is 9.90. The third-order valence-corrected chi connectivity index (χ3v) is 4.57. The number of carboxylic acid groups (broad SMARTS) is 1. The maximum absolute atomic E-state index is 12.6. The molecule has 8 nitrogen and oxygen atoms in total. The first-order chi connectivity index (χ1) is 13.7. The molecule has 1 aromatic carbocycles. The van der Waals surface area contributed by atoms with Crippen LogP contribution in [0.2, 0.25) is 0 Å². The molecule has 2 unspecified atom stereocenters. The van der Waals surface area contributed by atoms with Crippen LogP contribution in [0.1, 0.15) is 45.1 Å². The van der Waals surface area contributed by atoms with Gasteiger partial charge in [0.25, 0.3) is 5.91 Å². The number of hydrogen-bond acceptors (Lipinski definition) is 4. The minimum Gasteiger partial charge on any atom is -0.465 e. The molecule has 0 saturated heterocycles. The Kier molecular flexibility index (Phi) is 10.8. The minimum atomic E-state index is -1.27. The van der Waals surface area contributed by atoms with Gasteiger partial charge in [-0.3, -0.25) is 14.4 Å². The highest BCUT2D eigenvalue weighted by Gasteiger charge is 2.28. The molecule has 162 valence electrons. The van der Waals surface area contributed by atoms with Gasteiger partial charge in [0.15, 0.2) is 0 Å². The number of carbonyl (C=O) groups is 3. The van der Waals surface area contributed by atoms with Gasteiger partial charge in [0.05, 0.1) is 7.11 Å². The van der Waals surface area contributed by atoms with Gasteiger partial charge in [0.2, 0.25) is 5.91 Å². The molecule has 0 aromatic heterocycles. The molecule has 0 heterocycles. The van der Waals surface area contributed by atoms with Gasteiger partial charge in [-0.05, 0) is 37.2 Å². The van der Waals surface area contributed by atoms with Crippen LogP contribution in [0.5, 0.6) is 0 Å². The summed E-state index contributed by atoms with van der Waals surface area (Å²) in [6, 6.07) is 8.34. The lowest BCUT2D eigenvalue weighted by Crippen LogP contribution is -2.54. The average Bonchev–Trinajstić information content (AvgIpc) is 2.68. The molecule has 0 aliphatic rings. The maximum Gasteiger partial charge on any atom is 0.405 e. The largest absolute Gasteiger partial charge is 0.465 e. The molecule has 0 saturated carbocycles. The van der Waals surface area contributed by atoms with Crippen molar-refractivity contribution in [2.75, 3.05) is 14.2 Å². The van der Waals surface area contributed by atoms with Gasteiger partial charge in [-0.15, -0.1) is 0 Å². The Hall–Kier alpha value is -2.61. The quantitative estimate of drug-likeness (QED) is 0.365. The van der Waals surface area contributed by atoms with E-state index in [4.69, 9.17) is 9.94 Å². The van der Waals surface area contributed by atoms with E-state index in [1.54, 1.807) is 0 Å². The Balaban J connectivity index is 2.73. The molecule has 3 amide bonds. The normalized spacial score (nSPS) is 12.9. The second-order valence-electron chi connectivity index (χ2n) is 7.44. The number of likely N-dealkylation sites (N-methyl/N-ethyl adjacent to an activating group) is 1. The highest BCUT2D eigenvalue weighted by molar-refractivity contribution is 5.90. The highest BCUT2D eigenvalue weighted by atomic mass is 16.7. The summed E-state index contributed by atoms with van der Waals surface area (Å²) in [5.41, 5.74) is 1.22. The zero-order valence-electron chi connectivity index (χ0n) is 17.7. The average molecular weight is 408 g/mol. The minimum absolute atomic E-state index is 0.110. The molecule has 3 N–H and O–H groups in total. The zero-order chi connectivity index (χ0) is 21.8. The zero-order valence-corrected chi connectivity index (χ0v) is 17.7. The Labute approximate surface area is 172 Å². The smallest absolute Gasteiger partial charge is 0.405 e. The summed E-state index contributed by atoms with van der Waals surface area (Å²) in [7, 11) is 2.85. The van der Waals surface area contributed by atoms with Gasteiger partial charge in [-0.1, -0.05) is 50.6 Å². The Morgan fingerprint density at radius 3 is 2.28 bits per heavy atom. The molecule has 2 atom stereocenters. The van der Waals surface area contributed by atoms with Crippen molar-refractivity contribution in [1.29, 1.82) is 0 Å². The fourth-order valence-corrected chi connectivity index (χ4v) is 3.01. The fraction of sp³-hybridized carbons (Fsp3) is 0.571. The molecule has 0 aliphatic carbocycles. The fourth-order valence-electron chi connectivity index (χ4n) is 3.01. The first-order valence-electron chi connectivity index (χ1n) is 9.90. The number of rotatable bonds is 12. The van der Waals surface area contributed by atoms with Crippen LogP contribution in [-0.4, -0.2) is 54.3 Å². The molecular formula is C21H33N3O5. The van der Waals surface area contributed by atoms with E-state index in [0.29, 0.717) is 12.8 Å². The van der Waals surface area contributed by atoms with E-state index in [-0.39, 0.29) is 11.8 Å². The topological polar surface area (TPSA) is 108 Å². The second-order valence-corrected chi connectivity index (χ2v) is 7.44. The van der Waals surface area contributed by atoms with Crippen molar-refractivity contribution in [3.8, 4) is 0 Å². The second kappa shape index (κ2) is 12.8. The van der Waals surface area contributed by atoms with Crippen molar-refractivity contribution in [3.63, 3.8) is 0 Å². The van der Waals surface area contributed by atoms with Crippen LogP contribution in [0.3, 0.4) is 0 Å². The van der Waals surface area contributed by atoms with Crippen LogP contribution >= 0.6 is 0 Å². The molecular weight excluding hydrogens is 374 g/mol. The van der Waals surface area contributed by atoms with Crippen molar-refractivity contribution in [2.45, 2.75) is 58.0 Å². The standard InChI is InChI=1S/C21H33N3O5/c1-15(2)14-18(23-21(27)28)19(25)22-17(20(26)24(3)29-4)13-9-8-12-16-10-6-5-7-11-16/h5-7,10-11,15,17-18,23H,8-9,12-14H2,1-4H3,(H,22,25)(H,27,28).